The first-order valence-electron chi connectivity index (χ1n) is 6.56. The van der Waals surface area contributed by atoms with Crippen molar-refractivity contribution < 1.29 is 14.6 Å². The summed E-state index contributed by atoms with van der Waals surface area (Å²) < 4.78 is 5.44. The number of carbonyl (C=O) groups excluding carboxylic acids is 1. The highest BCUT2D eigenvalue weighted by Gasteiger charge is 2.31. The molecule has 1 aromatic carbocycles. The Morgan fingerprint density at radius 2 is 2.21 bits per heavy atom. The second kappa shape index (κ2) is 6.54. The van der Waals surface area contributed by atoms with Gasteiger partial charge in [0.15, 0.2) is 0 Å². The molecule has 2 rings (SSSR count). The lowest BCUT2D eigenvalue weighted by Gasteiger charge is -2.21. The fourth-order valence-corrected chi connectivity index (χ4v) is 2.01. The molecule has 0 bridgehead atoms. The van der Waals surface area contributed by atoms with Crippen LogP contribution in [-0.4, -0.2) is 42.9 Å². The van der Waals surface area contributed by atoms with Gasteiger partial charge in [-0.2, -0.15) is 0 Å². The van der Waals surface area contributed by atoms with Gasteiger partial charge in [-0.3, -0.25) is 4.79 Å². The van der Waals surface area contributed by atoms with Crippen LogP contribution in [0.15, 0.2) is 30.3 Å². The van der Waals surface area contributed by atoms with Gasteiger partial charge in [0.1, 0.15) is 5.75 Å². The van der Waals surface area contributed by atoms with E-state index < -0.39 is 5.60 Å². The average molecular weight is 264 g/mol. The first-order valence-corrected chi connectivity index (χ1v) is 6.56. The number of ether oxygens (including phenoxy) is 1. The summed E-state index contributed by atoms with van der Waals surface area (Å²) in [7, 11) is 0. The lowest BCUT2D eigenvalue weighted by atomic mass is 10.0. The number of nitrogens with one attached hydrogen (secondary N) is 2. The van der Waals surface area contributed by atoms with E-state index in [2.05, 4.69) is 10.6 Å². The molecule has 0 spiro atoms. The second-order valence-corrected chi connectivity index (χ2v) is 4.84. The quantitative estimate of drug-likeness (QED) is 0.691. The molecule has 3 N–H and O–H groups in total. The van der Waals surface area contributed by atoms with Gasteiger partial charge < -0.3 is 20.5 Å². The van der Waals surface area contributed by atoms with E-state index in [0.29, 0.717) is 32.5 Å². The van der Waals surface area contributed by atoms with Gasteiger partial charge in [-0.05, 0) is 25.1 Å². The summed E-state index contributed by atoms with van der Waals surface area (Å²) >= 11 is 0. The molecule has 1 amide bonds. The number of amides is 1. The second-order valence-electron chi connectivity index (χ2n) is 4.84. The first-order chi connectivity index (χ1) is 9.18. The van der Waals surface area contributed by atoms with Crippen LogP contribution in [0.3, 0.4) is 0 Å². The van der Waals surface area contributed by atoms with E-state index in [1.165, 1.54) is 0 Å². The molecule has 0 aromatic heterocycles. The van der Waals surface area contributed by atoms with Crippen molar-refractivity contribution in [2.45, 2.75) is 18.4 Å². The van der Waals surface area contributed by atoms with Gasteiger partial charge in [0, 0.05) is 13.1 Å². The maximum atomic E-state index is 11.6. The van der Waals surface area contributed by atoms with Gasteiger partial charge in [-0.25, -0.2) is 0 Å². The fourth-order valence-electron chi connectivity index (χ4n) is 2.01. The van der Waals surface area contributed by atoms with Crippen LogP contribution in [0.25, 0.3) is 0 Å². The minimum Gasteiger partial charge on any atom is -0.493 e. The van der Waals surface area contributed by atoms with Gasteiger partial charge in [0.25, 0.3) is 0 Å². The molecule has 19 heavy (non-hydrogen) atoms. The number of hydrogen-bond acceptors (Lipinski definition) is 4. The number of hydrogen-bond donors (Lipinski definition) is 3. The predicted octanol–water partition coefficient (Wildman–Crippen LogP) is 0.296. The van der Waals surface area contributed by atoms with Crippen LogP contribution < -0.4 is 15.4 Å². The van der Waals surface area contributed by atoms with Crippen LogP contribution in [-0.2, 0) is 4.79 Å². The maximum absolute atomic E-state index is 11.6. The van der Waals surface area contributed by atoms with Crippen molar-refractivity contribution in [3.63, 3.8) is 0 Å². The van der Waals surface area contributed by atoms with Gasteiger partial charge in [0.2, 0.25) is 5.91 Å². The molecule has 1 atom stereocenters. The van der Waals surface area contributed by atoms with E-state index in [1.54, 1.807) is 0 Å². The predicted molar refractivity (Wildman–Crippen MR) is 72.0 cm³/mol. The minimum absolute atomic E-state index is 0.101. The van der Waals surface area contributed by atoms with Crippen LogP contribution in [0.4, 0.5) is 0 Å². The zero-order valence-corrected chi connectivity index (χ0v) is 10.9. The summed E-state index contributed by atoms with van der Waals surface area (Å²) in [6, 6.07) is 9.39. The third-order valence-electron chi connectivity index (χ3n) is 3.18. The number of carbonyl (C=O) groups is 1. The molecule has 1 saturated heterocycles. The minimum atomic E-state index is -0.796. The van der Waals surface area contributed by atoms with Crippen LogP contribution >= 0.6 is 0 Å². The Balaban J connectivity index is 1.62. The molecular weight excluding hydrogens is 244 g/mol. The van der Waals surface area contributed by atoms with Crippen LogP contribution in [0.5, 0.6) is 5.75 Å². The van der Waals surface area contributed by atoms with Crippen molar-refractivity contribution in [1.82, 2.24) is 10.6 Å². The molecule has 104 valence electrons. The fraction of sp³-hybridized carbons (Fsp3) is 0.500. The van der Waals surface area contributed by atoms with Crippen molar-refractivity contribution in [2.75, 3.05) is 26.2 Å². The first kappa shape index (κ1) is 13.8. The van der Waals surface area contributed by atoms with E-state index in [4.69, 9.17) is 4.74 Å². The summed E-state index contributed by atoms with van der Waals surface area (Å²) in [5.41, 5.74) is -0.796. The molecule has 1 aliphatic rings. The maximum Gasteiger partial charge on any atom is 0.223 e. The third kappa shape index (κ3) is 4.54. The molecule has 0 saturated carbocycles. The van der Waals surface area contributed by atoms with Crippen LogP contribution in [0.1, 0.15) is 12.8 Å². The highest BCUT2D eigenvalue weighted by atomic mass is 16.5. The monoisotopic (exact) mass is 264 g/mol. The molecule has 5 heteroatoms. The standard InChI is InChI=1S/C14H20N2O3/c17-13(16-11-14(18)7-8-15-10-14)6-9-19-12-4-2-1-3-5-12/h1-5,15,18H,6-11H2,(H,16,17). The third-order valence-corrected chi connectivity index (χ3v) is 3.18. The van der Waals surface area contributed by atoms with Crippen molar-refractivity contribution >= 4 is 5.91 Å². The SMILES string of the molecule is O=C(CCOc1ccccc1)NCC1(O)CCNC1. The molecule has 0 radical (unpaired) electrons. The topological polar surface area (TPSA) is 70.6 Å². The Morgan fingerprint density at radius 1 is 1.42 bits per heavy atom. The molecule has 1 unspecified atom stereocenters. The normalized spacial score (nSPS) is 22.2. The highest BCUT2D eigenvalue weighted by Crippen LogP contribution is 2.12. The van der Waals surface area contributed by atoms with E-state index in [9.17, 15) is 9.90 Å². The summed E-state index contributed by atoms with van der Waals surface area (Å²) in [5, 5.41) is 15.9. The number of β-amino-alcohol motifs (C(OH)–C–C–N with tert-alkyl or cyclic N) is 1. The molecule has 1 heterocycles. The van der Waals surface area contributed by atoms with Gasteiger partial charge >= 0.3 is 0 Å². The Hall–Kier alpha value is -1.59. The van der Waals surface area contributed by atoms with E-state index in [1.807, 2.05) is 30.3 Å². The summed E-state index contributed by atoms with van der Waals surface area (Å²) in [4.78, 5) is 11.6. The lowest BCUT2D eigenvalue weighted by Crippen LogP contribution is -2.44. The average Bonchev–Trinajstić information content (AvgIpc) is 2.85. The lowest BCUT2D eigenvalue weighted by molar-refractivity contribution is -0.122. The number of benzene rings is 1. The molecule has 1 aromatic rings. The smallest absolute Gasteiger partial charge is 0.223 e. The Bertz CT molecular complexity index is 402. The summed E-state index contributed by atoms with van der Waals surface area (Å²) in [6.07, 6.45) is 0.964. The van der Waals surface area contributed by atoms with Crippen molar-refractivity contribution in [2.24, 2.45) is 0 Å². The van der Waals surface area contributed by atoms with Crippen molar-refractivity contribution in [1.29, 1.82) is 0 Å². The zero-order chi connectivity index (χ0) is 13.6. The molecule has 0 aliphatic carbocycles. The van der Waals surface area contributed by atoms with Crippen LogP contribution in [0.2, 0.25) is 0 Å². The van der Waals surface area contributed by atoms with Crippen molar-refractivity contribution in [3.05, 3.63) is 30.3 Å². The largest absolute Gasteiger partial charge is 0.493 e. The van der Waals surface area contributed by atoms with Crippen LogP contribution in [0, 0.1) is 0 Å². The Morgan fingerprint density at radius 3 is 2.89 bits per heavy atom. The van der Waals surface area contributed by atoms with Gasteiger partial charge in [0.05, 0.1) is 18.6 Å². The van der Waals surface area contributed by atoms with Gasteiger partial charge in [-0.1, -0.05) is 18.2 Å². The summed E-state index contributed by atoms with van der Waals surface area (Å²) in [6.45, 7) is 1.97. The molecule has 5 nitrogen and oxygen atoms in total. The van der Waals surface area contributed by atoms with E-state index in [-0.39, 0.29) is 5.91 Å². The van der Waals surface area contributed by atoms with E-state index in [0.717, 1.165) is 12.3 Å². The molecule has 1 fully saturated rings. The highest BCUT2D eigenvalue weighted by molar-refractivity contribution is 5.76. The Kier molecular flexibility index (Phi) is 4.76. The van der Waals surface area contributed by atoms with E-state index >= 15 is 0 Å². The van der Waals surface area contributed by atoms with Crippen molar-refractivity contribution in [3.8, 4) is 5.75 Å². The molecular formula is C14H20N2O3. The zero-order valence-electron chi connectivity index (χ0n) is 10.9. The summed E-state index contributed by atoms with van der Waals surface area (Å²) in [5.74, 6) is 0.658. The number of aliphatic hydroxyl groups is 1. The number of para-hydroxylation sites is 1. The Labute approximate surface area is 113 Å². The molecule has 1 aliphatic heterocycles. The van der Waals surface area contributed by atoms with Gasteiger partial charge in [-0.15, -0.1) is 0 Å². The number of rotatable bonds is 6.